The van der Waals surface area contributed by atoms with E-state index in [1.807, 2.05) is 38.2 Å². The predicted molar refractivity (Wildman–Crippen MR) is 277 cm³/mol. The Morgan fingerprint density at radius 1 is 0.974 bits per heavy atom. The van der Waals surface area contributed by atoms with E-state index in [9.17, 15) is 34.2 Å². The minimum Gasteiger partial charge on any atom is -0.459 e. The number of hydrogen-bond acceptors (Lipinski definition) is 20. The van der Waals surface area contributed by atoms with Gasteiger partial charge in [0.05, 0.1) is 29.5 Å². The van der Waals surface area contributed by atoms with Gasteiger partial charge in [-0.3, -0.25) is 23.7 Å². The molecule has 23 heteroatoms. The number of amides is 1. The molecule has 414 valence electrons. The van der Waals surface area contributed by atoms with E-state index >= 15 is 0 Å². The van der Waals surface area contributed by atoms with Crippen molar-refractivity contribution >= 4 is 35.3 Å². The van der Waals surface area contributed by atoms with Gasteiger partial charge < -0.3 is 60.3 Å². The third-order valence-corrected chi connectivity index (χ3v) is 15.0. The minimum atomic E-state index is -2.04. The van der Waals surface area contributed by atoms with Gasteiger partial charge in [-0.05, 0) is 103 Å². The summed E-state index contributed by atoms with van der Waals surface area (Å²) in [5, 5.41) is 35.6. The van der Waals surface area contributed by atoms with Crippen molar-refractivity contribution in [1.29, 1.82) is 0 Å². The van der Waals surface area contributed by atoms with Crippen LogP contribution < -0.4 is 22.5 Å². The van der Waals surface area contributed by atoms with Crippen LogP contribution in [0.3, 0.4) is 0 Å². The molecule has 5 heterocycles. The Bertz CT molecular complexity index is 2710. The topological polar surface area (TPSA) is 300 Å². The van der Waals surface area contributed by atoms with Crippen molar-refractivity contribution in [2.45, 2.75) is 140 Å². The lowest BCUT2D eigenvalue weighted by Crippen LogP contribution is -2.65. The highest BCUT2D eigenvalue weighted by Gasteiger charge is 2.64. The lowest BCUT2D eigenvalue weighted by molar-refractivity contribution is -0.319. The first-order valence-electron chi connectivity index (χ1n) is 25.8. The maximum Gasteiger partial charge on any atom is 0.412 e. The van der Waals surface area contributed by atoms with Gasteiger partial charge in [-0.15, -0.1) is 5.10 Å². The summed E-state index contributed by atoms with van der Waals surface area (Å²) in [6.07, 6.45) is -4.50. The van der Waals surface area contributed by atoms with E-state index in [0.717, 1.165) is 10.1 Å². The first kappa shape index (κ1) is 57.4. The minimum absolute atomic E-state index is 0.00652. The molecule has 2 aromatic heterocycles. The first-order valence-corrected chi connectivity index (χ1v) is 25.8. The van der Waals surface area contributed by atoms with E-state index in [1.165, 1.54) is 31.2 Å². The molecule has 1 amide bonds. The van der Waals surface area contributed by atoms with E-state index < -0.39 is 114 Å². The second-order valence-corrected chi connectivity index (χ2v) is 20.7. The third kappa shape index (κ3) is 12.1. The summed E-state index contributed by atoms with van der Waals surface area (Å²) in [7, 11) is 4.79. The van der Waals surface area contributed by atoms with E-state index in [-0.39, 0.29) is 43.2 Å². The lowest BCUT2D eigenvalue weighted by Gasteiger charge is -2.48. The molecule has 3 saturated heterocycles. The van der Waals surface area contributed by atoms with Gasteiger partial charge in [0.25, 0.3) is 5.72 Å². The number of carbonyl (C=O) groups excluding carboxylic acids is 4. The molecule has 14 atom stereocenters. The molecule has 4 aromatic rings. The highest BCUT2D eigenvalue weighted by Crippen LogP contribution is 2.43. The predicted octanol–water partition coefficient (Wildman–Crippen LogP) is 2.83. The normalized spacial score (nSPS) is 31.7. The standard InChI is InChI=1S/C53H74N10O13/c1-10-39-53(63-24-21-40(55)57-50(63)69)45(62(51(70)76-53)23-15-14-22-61-28-37(58-59-61)35-19-16-20-36(54)25-35)33(5)56-27-30(2)26-52(6,71-9)46(31(3)42(64)32(4)47(67)74-39)75-49-44(66)41(60(7)8)43(65)38(73-49)29-72-48(68)34-17-12-11-13-18-34/h11-13,16-21,24-25,28,30-33,38-39,41,43-46,49,56,65-66H,10,14-15,22-23,26-27,29,54H2,1-9H3,(H2,55,57,69)/t30-,31+,32-,33-,38-,39-,41?,43?,44?,45-,46-,49+,52-,53-/m1/s1. The molecular weight excluding hydrogens is 985 g/mol. The number of anilines is 2. The zero-order valence-electron chi connectivity index (χ0n) is 44.7. The van der Waals surface area contributed by atoms with Crippen LogP contribution in [0.4, 0.5) is 16.3 Å². The number of aliphatic hydroxyl groups is 2. The molecule has 0 saturated carbocycles. The van der Waals surface area contributed by atoms with E-state index in [4.69, 9.17) is 39.9 Å². The van der Waals surface area contributed by atoms with Crippen LogP contribution in [0.25, 0.3) is 11.3 Å². The van der Waals surface area contributed by atoms with E-state index in [2.05, 4.69) is 20.6 Å². The second kappa shape index (κ2) is 24.3. The summed E-state index contributed by atoms with van der Waals surface area (Å²) < 4.78 is 40.5. The molecular formula is C53H74N10O13. The zero-order valence-corrected chi connectivity index (χ0v) is 44.7. The zero-order chi connectivity index (χ0) is 55.2. The number of carbonyl (C=O) groups is 4. The number of aliphatic hydroxyl groups excluding tert-OH is 2. The number of nitrogens with two attached hydrogens (primary N) is 2. The second-order valence-electron chi connectivity index (χ2n) is 20.7. The number of ether oxygens (including phenoxy) is 6. The van der Waals surface area contributed by atoms with Crippen molar-refractivity contribution in [3.63, 3.8) is 0 Å². The van der Waals surface area contributed by atoms with Gasteiger partial charge in [-0.25, -0.2) is 14.4 Å². The summed E-state index contributed by atoms with van der Waals surface area (Å²) in [6, 6.07) is 14.3. The van der Waals surface area contributed by atoms with Crippen LogP contribution in [0.1, 0.15) is 77.6 Å². The Balaban J connectivity index is 1.20. The van der Waals surface area contributed by atoms with Crippen molar-refractivity contribution in [1.82, 2.24) is 39.7 Å². The van der Waals surface area contributed by atoms with E-state index in [0.29, 0.717) is 30.8 Å². The van der Waals surface area contributed by atoms with E-state index in [1.54, 1.807) is 80.8 Å². The smallest absolute Gasteiger partial charge is 0.412 e. The molecule has 3 unspecified atom stereocenters. The monoisotopic (exact) mass is 1060 g/mol. The Labute approximate surface area is 442 Å². The lowest BCUT2D eigenvalue weighted by atomic mass is 9.78. The number of unbranched alkanes of at least 4 members (excludes halogenated alkanes) is 1. The number of nitrogens with one attached hydrogen (secondary N) is 1. The largest absolute Gasteiger partial charge is 0.459 e. The summed E-state index contributed by atoms with van der Waals surface area (Å²) in [4.78, 5) is 78.3. The number of ketones is 1. The molecule has 7 N–H and O–H groups in total. The molecule has 0 spiro atoms. The average molecular weight is 1060 g/mol. The molecule has 3 aliphatic heterocycles. The summed E-state index contributed by atoms with van der Waals surface area (Å²) >= 11 is 0. The highest BCUT2D eigenvalue weighted by atomic mass is 16.7. The molecule has 3 aliphatic rings. The molecule has 0 radical (unpaired) electrons. The van der Waals surface area contributed by atoms with Gasteiger partial charge in [0.15, 0.2) is 18.2 Å². The number of methoxy groups -OCH3 is 1. The fourth-order valence-corrected chi connectivity index (χ4v) is 11.0. The van der Waals surface area contributed by atoms with Crippen LogP contribution in [0.5, 0.6) is 0 Å². The number of benzene rings is 2. The van der Waals surface area contributed by atoms with Crippen LogP contribution in [-0.2, 0) is 50.3 Å². The van der Waals surface area contributed by atoms with Gasteiger partial charge >= 0.3 is 23.7 Å². The van der Waals surface area contributed by atoms with Gasteiger partial charge in [0, 0.05) is 49.6 Å². The number of fused-ring (bicyclic) bond motifs is 1. The Kier molecular flexibility index (Phi) is 18.4. The van der Waals surface area contributed by atoms with Gasteiger partial charge in [0.2, 0.25) is 0 Å². The van der Waals surface area contributed by atoms with Crippen molar-refractivity contribution in [3.05, 3.63) is 89.1 Å². The van der Waals surface area contributed by atoms with Crippen LogP contribution in [0.15, 0.2) is 77.9 Å². The molecule has 23 nitrogen and oxygen atoms in total. The van der Waals surface area contributed by atoms with Crippen LogP contribution in [0.2, 0.25) is 0 Å². The number of nitrogens with zero attached hydrogens (tertiary/aromatic N) is 7. The average Bonchev–Trinajstić information content (AvgIpc) is 4.01. The number of aryl methyl sites for hydroxylation is 1. The van der Waals surface area contributed by atoms with Gasteiger partial charge in [-0.1, -0.05) is 56.3 Å². The summed E-state index contributed by atoms with van der Waals surface area (Å²) in [5.74, 6) is -5.25. The summed E-state index contributed by atoms with van der Waals surface area (Å²) in [6.45, 7) is 10.7. The number of esters is 2. The number of likely N-dealkylation sites (N-methyl/N-ethyl adjacent to an activating group) is 1. The molecule has 3 fully saturated rings. The van der Waals surface area contributed by atoms with Crippen molar-refractivity contribution < 1.29 is 57.8 Å². The number of hydrogen-bond donors (Lipinski definition) is 5. The quantitative estimate of drug-likeness (QED) is 0.0376. The third-order valence-electron chi connectivity index (χ3n) is 15.0. The fraction of sp³-hybridized carbons (Fsp3) is 0.585. The maximum absolute atomic E-state index is 14.9. The van der Waals surface area contributed by atoms with Crippen LogP contribution in [-0.4, -0.2) is 170 Å². The number of aromatic nitrogens is 5. The number of Topliss-reactive ketones (excluding diaryl/α,β-unsaturated/α-hetero) is 1. The molecule has 7 rings (SSSR count). The SMILES string of the molecule is CC[C@H]1OC(=O)[C@H](C)C(=O)[C@H](C)[C@@H](O[C@@H]2O[C@H](COC(=O)c3ccccc3)C(O)C(N(C)C)C2O)[C@](C)(OC)C[C@@H](C)CN[C@H](C)[C@H]2N(CCCCn3cc(-c4cccc(N)c4)nn3)C(=O)O[C@]12n1ccc(N)nc1=O. The summed E-state index contributed by atoms with van der Waals surface area (Å²) in [5.41, 5.74) is 10.1. The maximum atomic E-state index is 14.9. The fourth-order valence-electron chi connectivity index (χ4n) is 11.0. The Morgan fingerprint density at radius 3 is 2.37 bits per heavy atom. The molecule has 2 aromatic carbocycles. The van der Waals surface area contributed by atoms with Crippen molar-refractivity contribution in [3.8, 4) is 11.3 Å². The Morgan fingerprint density at radius 2 is 1.70 bits per heavy atom. The van der Waals surface area contributed by atoms with Gasteiger partial charge in [-0.2, -0.15) is 4.98 Å². The van der Waals surface area contributed by atoms with Crippen molar-refractivity contribution in [2.75, 3.05) is 52.4 Å². The molecule has 0 bridgehead atoms. The Hall–Kier alpha value is -6.34. The number of rotatable bonds is 15. The molecule has 0 aliphatic carbocycles. The molecule has 76 heavy (non-hydrogen) atoms. The first-order chi connectivity index (χ1) is 36.1. The van der Waals surface area contributed by atoms with Crippen LogP contribution >= 0.6 is 0 Å². The number of nitrogen functional groups attached to an aromatic ring is 2. The van der Waals surface area contributed by atoms with Crippen molar-refractivity contribution in [2.24, 2.45) is 17.8 Å². The van der Waals surface area contributed by atoms with Gasteiger partial charge in [0.1, 0.15) is 48.4 Å². The highest BCUT2D eigenvalue weighted by molar-refractivity contribution is 6.00. The number of cyclic esters (lactones) is 1. The van der Waals surface area contributed by atoms with Crippen LogP contribution in [0, 0.1) is 17.8 Å².